The van der Waals surface area contributed by atoms with Crippen LogP contribution >= 0.6 is 0 Å². The molecule has 49 heavy (non-hydrogen) atoms. The molecular weight excluding hydrogens is 644 g/mol. The van der Waals surface area contributed by atoms with E-state index in [4.69, 9.17) is 28.4 Å². The quantitative estimate of drug-likeness (QED) is 0.0411. The van der Waals surface area contributed by atoms with Crippen LogP contribution in [-0.2, 0) is 47.6 Å². The molecule has 1 rings (SSSR count). The summed E-state index contributed by atoms with van der Waals surface area (Å²) in [6.07, 6.45) is -0.231. The molecule has 0 radical (unpaired) electrons. The normalized spacial score (nSPS) is 17.9. The third-order valence-corrected chi connectivity index (χ3v) is 8.63. The van der Waals surface area contributed by atoms with Crippen LogP contribution in [0.2, 0.25) is 0 Å². The van der Waals surface area contributed by atoms with Crippen molar-refractivity contribution in [2.45, 2.75) is 98.4 Å². The number of rotatable bonds is 27. The lowest BCUT2D eigenvalue weighted by Crippen LogP contribution is -2.45. The smallest absolute Gasteiger partial charge is 0.311 e. The second kappa shape index (κ2) is 22.4. The summed E-state index contributed by atoms with van der Waals surface area (Å²) >= 11 is 0. The largest absolute Gasteiger partial charge is 0.463 e. The minimum Gasteiger partial charge on any atom is -0.463 e. The van der Waals surface area contributed by atoms with E-state index in [2.05, 4.69) is 5.32 Å². The van der Waals surface area contributed by atoms with Crippen molar-refractivity contribution in [2.24, 2.45) is 16.2 Å². The van der Waals surface area contributed by atoms with Gasteiger partial charge in [0.25, 0.3) is 0 Å². The maximum absolute atomic E-state index is 13.5. The number of aliphatic hydroxyl groups is 3. The van der Waals surface area contributed by atoms with Crippen LogP contribution in [0, 0.1) is 16.2 Å². The van der Waals surface area contributed by atoms with Gasteiger partial charge in [0, 0.05) is 26.7 Å². The van der Waals surface area contributed by atoms with Crippen molar-refractivity contribution in [1.82, 2.24) is 10.2 Å². The van der Waals surface area contributed by atoms with Gasteiger partial charge >= 0.3 is 17.9 Å². The van der Waals surface area contributed by atoms with Gasteiger partial charge in [-0.2, -0.15) is 0 Å². The van der Waals surface area contributed by atoms with Gasteiger partial charge in [0.1, 0.15) is 32.0 Å². The van der Waals surface area contributed by atoms with Crippen LogP contribution in [0.3, 0.4) is 0 Å². The van der Waals surface area contributed by atoms with Gasteiger partial charge in [-0.3, -0.25) is 24.5 Å². The van der Waals surface area contributed by atoms with Crippen molar-refractivity contribution >= 4 is 23.8 Å². The number of esters is 3. The van der Waals surface area contributed by atoms with Crippen LogP contribution < -0.4 is 5.32 Å². The van der Waals surface area contributed by atoms with E-state index in [9.17, 15) is 34.5 Å². The summed E-state index contributed by atoms with van der Waals surface area (Å²) in [6, 6.07) is 0. The van der Waals surface area contributed by atoms with E-state index in [1.54, 1.807) is 46.6 Å². The van der Waals surface area contributed by atoms with Gasteiger partial charge in [-0.25, -0.2) is 0 Å². The Morgan fingerprint density at radius 1 is 0.878 bits per heavy atom. The highest BCUT2D eigenvalue weighted by Gasteiger charge is 2.50. The molecule has 1 fully saturated rings. The van der Waals surface area contributed by atoms with Gasteiger partial charge in [-0.15, -0.1) is 0 Å². The Hall–Kier alpha value is -2.40. The first-order valence-corrected chi connectivity index (χ1v) is 17.2. The summed E-state index contributed by atoms with van der Waals surface area (Å²) in [5.74, 6) is -1.99. The number of nitrogens with one attached hydrogen (secondary N) is 1. The lowest BCUT2D eigenvalue weighted by molar-refractivity contribution is -0.172. The number of methoxy groups -OCH3 is 1. The van der Waals surface area contributed by atoms with Gasteiger partial charge < -0.3 is 48.6 Å². The first-order valence-electron chi connectivity index (χ1n) is 17.2. The third-order valence-electron chi connectivity index (χ3n) is 8.63. The van der Waals surface area contributed by atoms with Crippen LogP contribution in [0.5, 0.6) is 0 Å². The number of aliphatic hydroxyl groups excluding tert-OH is 3. The number of carbonyl (C=O) groups excluding carboxylic acids is 4. The Bertz CT molecular complexity index is 1010. The average molecular weight is 707 g/mol. The molecule has 1 saturated heterocycles. The van der Waals surface area contributed by atoms with Gasteiger partial charge in [0.05, 0.1) is 55.4 Å². The second-order valence-corrected chi connectivity index (χ2v) is 14.0. The average Bonchev–Trinajstić information content (AvgIpc) is 3.48. The highest BCUT2D eigenvalue weighted by atomic mass is 16.6. The second-order valence-electron chi connectivity index (χ2n) is 14.0. The Morgan fingerprint density at radius 2 is 1.53 bits per heavy atom. The number of nitrogens with zero attached hydrogens (tertiary/aromatic N) is 1. The molecule has 0 aliphatic carbocycles. The van der Waals surface area contributed by atoms with Crippen LogP contribution in [0.1, 0.15) is 80.1 Å². The summed E-state index contributed by atoms with van der Waals surface area (Å²) in [5, 5.41) is 32.4. The molecule has 5 atom stereocenters. The molecule has 4 N–H and O–H groups in total. The highest BCUT2D eigenvalue weighted by Crippen LogP contribution is 2.46. The molecule has 0 saturated carbocycles. The fraction of sp³-hybridized carbons (Fsp3) is 0.882. The molecule has 15 heteroatoms. The molecule has 0 aromatic carbocycles. The molecule has 5 unspecified atom stereocenters. The SMILES string of the molecule is CCC(C)(CC(C)(CC(C)(C)C(=O)OCC(O)COCNCCCOCC(C)OC)C(=O)OCC(O)CO)C(=O)OCCN1CCCC1=O. The van der Waals surface area contributed by atoms with E-state index in [-0.39, 0.29) is 57.9 Å². The maximum atomic E-state index is 13.5. The Kier molecular flexibility index (Phi) is 20.4. The lowest BCUT2D eigenvalue weighted by atomic mass is 9.65. The number of likely N-dealkylation sites (tertiary alicyclic amines) is 1. The minimum absolute atomic E-state index is 0.00755. The van der Waals surface area contributed by atoms with Crippen molar-refractivity contribution in [3.8, 4) is 0 Å². The fourth-order valence-corrected chi connectivity index (χ4v) is 5.59. The maximum Gasteiger partial charge on any atom is 0.311 e. The number of carbonyl (C=O) groups is 4. The Balaban J connectivity index is 2.76. The van der Waals surface area contributed by atoms with E-state index >= 15 is 0 Å². The summed E-state index contributed by atoms with van der Waals surface area (Å²) in [4.78, 5) is 53.7. The van der Waals surface area contributed by atoms with Crippen LogP contribution in [0.25, 0.3) is 0 Å². The molecule has 286 valence electrons. The zero-order valence-corrected chi connectivity index (χ0v) is 30.6. The first-order chi connectivity index (χ1) is 23.0. The van der Waals surface area contributed by atoms with Crippen LogP contribution in [0.4, 0.5) is 0 Å². The number of hydrogen-bond donors (Lipinski definition) is 4. The summed E-state index contributed by atoms with van der Waals surface area (Å²) in [7, 11) is 1.63. The minimum atomic E-state index is -1.44. The van der Waals surface area contributed by atoms with Gasteiger partial charge in [0.2, 0.25) is 5.91 Å². The summed E-state index contributed by atoms with van der Waals surface area (Å²) < 4.78 is 32.3. The number of ether oxygens (including phenoxy) is 6. The molecule has 0 aromatic rings. The monoisotopic (exact) mass is 706 g/mol. The van der Waals surface area contributed by atoms with Gasteiger partial charge in [-0.05, 0) is 73.3 Å². The standard InChI is InChI=1S/C34H62N2O13/c1-8-33(5,30(42)47-16-14-36-13-9-11-28(36)40)23-34(6,31(43)49-20-26(38)17-37)22-32(3,4)29(41)48-21-27(39)19-46-24-35-12-10-15-45-18-25(2)44-7/h25-27,35,37-39H,8-24H2,1-7H3. The predicted octanol–water partition coefficient (Wildman–Crippen LogP) is 1.19. The Morgan fingerprint density at radius 3 is 2.14 bits per heavy atom. The van der Waals surface area contributed by atoms with Gasteiger partial charge in [0.15, 0.2) is 0 Å². The zero-order chi connectivity index (χ0) is 37.1. The van der Waals surface area contributed by atoms with E-state index < -0.39 is 59.6 Å². The van der Waals surface area contributed by atoms with E-state index in [1.807, 2.05) is 6.92 Å². The van der Waals surface area contributed by atoms with E-state index in [1.165, 1.54) is 0 Å². The fourth-order valence-electron chi connectivity index (χ4n) is 5.59. The molecule has 0 bridgehead atoms. The molecule has 1 aliphatic heterocycles. The Labute approximate surface area is 291 Å². The first kappa shape index (κ1) is 44.6. The number of hydrogen-bond acceptors (Lipinski definition) is 14. The van der Waals surface area contributed by atoms with E-state index in [0.717, 1.165) is 12.8 Å². The third kappa shape index (κ3) is 16.4. The molecular formula is C34H62N2O13. The topological polar surface area (TPSA) is 200 Å². The van der Waals surface area contributed by atoms with Crippen molar-refractivity contribution < 1.29 is 62.9 Å². The molecule has 0 spiro atoms. The zero-order valence-electron chi connectivity index (χ0n) is 30.6. The van der Waals surface area contributed by atoms with Crippen molar-refractivity contribution in [3.05, 3.63) is 0 Å². The van der Waals surface area contributed by atoms with Crippen LogP contribution in [-0.4, -0.2) is 142 Å². The molecule has 1 heterocycles. The lowest BCUT2D eigenvalue weighted by Gasteiger charge is -2.39. The van der Waals surface area contributed by atoms with Crippen molar-refractivity contribution in [1.29, 1.82) is 0 Å². The number of amides is 1. The van der Waals surface area contributed by atoms with Gasteiger partial charge in [-0.1, -0.05) is 6.92 Å². The molecule has 1 aliphatic rings. The van der Waals surface area contributed by atoms with E-state index in [0.29, 0.717) is 39.1 Å². The summed E-state index contributed by atoms with van der Waals surface area (Å²) in [5.41, 5.74) is -3.88. The molecule has 0 aromatic heterocycles. The molecule has 15 nitrogen and oxygen atoms in total. The van der Waals surface area contributed by atoms with Crippen molar-refractivity contribution in [2.75, 3.05) is 79.7 Å². The highest BCUT2D eigenvalue weighted by molar-refractivity contribution is 5.83. The van der Waals surface area contributed by atoms with Crippen molar-refractivity contribution in [3.63, 3.8) is 0 Å². The van der Waals surface area contributed by atoms with Crippen LogP contribution in [0.15, 0.2) is 0 Å². The molecule has 1 amide bonds. The summed E-state index contributed by atoms with van der Waals surface area (Å²) in [6.45, 7) is 11.4. The predicted molar refractivity (Wildman–Crippen MR) is 178 cm³/mol.